The molecule has 0 aliphatic carbocycles. The van der Waals surface area contributed by atoms with Crippen LogP contribution in [0.4, 0.5) is 0 Å². The van der Waals surface area contributed by atoms with Gasteiger partial charge in [0, 0.05) is 12.6 Å². The molecule has 0 bridgehead atoms. The van der Waals surface area contributed by atoms with E-state index in [9.17, 15) is 8.42 Å². The van der Waals surface area contributed by atoms with Crippen molar-refractivity contribution in [2.45, 2.75) is 32.7 Å². The molecule has 1 rings (SSSR count). The lowest BCUT2D eigenvalue weighted by Gasteiger charge is -2.23. The number of hydrogen-bond acceptors (Lipinski definition) is 4. The first-order valence-electron chi connectivity index (χ1n) is 6.32. The molecule has 0 aromatic rings. The molecular formula is C11H24N2O3S. The first-order valence-corrected chi connectivity index (χ1v) is 7.97. The molecule has 17 heavy (non-hydrogen) atoms. The van der Waals surface area contributed by atoms with E-state index in [0.29, 0.717) is 13.2 Å². The number of hydrogen-bond donors (Lipinski definition) is 2. The van der Waals surface area contributed by atoms with Gasteiger partial charge in [-0.05, 0) is 45.7 Å². The topological polar surface area (TPSA) is 67.4 Å². The Hall–Kier alpha value is -0.170. The Labute approximate surface area is 104 Å². The van der Waals surface area contributed by atoms with Crippen LogP contribution in [0, 0.1) is 5.92 Å². The summed E-state index contributed by atoms with van der Waals surface area (Å²) in [6.07, 6.45) is 2.06. The largest absolute Gasteiger partial charge is 0.380 e. The molecule has 2 unspecified atom stereocenters. The van der Waals surface area contributed by atoms with Gasteiger partial charge in [0.25, 0.3) is 0 Å². The Morgan fingerprint density at radius 1 is 1.53 bits per heavy atom. The highest BCUT2D eigenvalue weighted by Crippen LogP contribution is 2.12. The Morgan fingerprint density at radius 2 is 2.29 bits per heavy atom. The molecule has 2 atom stereocenters. The fraction of sp³-hybridized carbons (Fsp3) is 1.00. The van der Waals surface area contributed by atoms with Gasteiger partial charge in [-0.1, -0.05) is 0 Å². The van der Waals surface area contributed by atoms with Crippen LogP contribution in [0.15, 0.2) is 0 Å². The molecule has 6 heteroatoms. The third kappa shape index (κ3) is 6.35. The maximum absolute atomic E-state index is 11.9. The quantitative estimate of drug-likeness (QED) is 0.695. The average molecular weight is 264 g/mol. The van der Waals surface area contributed by atoms with Crippen LogP contribution >= 0.6 is 0 Å². The molecule has 1 aliphatic heterocycles. The summed E-state index contributed by atoms with van der Waals surface area (Å²) in [6, 6.07) is -0.156. The van der Waals surface area contributed by atoms with Crippen molar-refractivity contribution in [1.29, 1.82) is 0 Å². The van der Waals surface area contributed by atoms with E-state index in [4.69, 9.17) is 4.74 Å². The highest BCUT2D eigenvalue weighted by molar-refractivity contribution is 7.89. The fourth-order valence-corrected chi connectivity index (χ4v) is 3.74. The van der Waals surface area contributed by atoms with E-state index in [1.54, 1.807) is 0 Å². The third-order valence-corrected chi connectivity index (χ3v) is 4.48. The average Bonchev–Trinajstić information content (AvgIpc) is 2.26. The van der Waals surface area contributed by atoms with Crippen molar-refractivity contribution in [3.63, 3.8) is 0 Å². The van der Waals surface area contributed by atoms with Crippen LogP contribution < -0.4 is 10.0 Å². The zero-order valence-corrected chi connectivity index (χ0v) is 11.6. The second kappa shape index (κ2) is 7.31. The van der Waals surface area contributed by atoms with Crippen molar-refractivity contribution in [3.8, 4) is 0 Å². The monoisotopic (exact) mass is 264 g/mol. The summed E-state index contributed by atoms with van der Waals surface area (Å²) in [7, 11) is -3.18. The summed E-state index contributed by atoms with van der Waals surface area (Å²) < 4.78 is 31.6. The Morgan fingerprint density at radius 3 is 2.88 bits per heavy atom. The van der Waals surface area contributed by atoms with Crippen molar-refractivity contribution in [3.05, 3.63) is 0 Å². The summed E-state index contributed by atoms with van der Waals surface area (Å²) in [5, 5.41) is 3.23. The molecule has 0 aromatic carbocycles. The van der Waals surface area contributed by atoms with Crippen LogP contribution in [-0.2, 0) is 14.8 Å². The predicted molar refractivity (Wildman–Crippen MR) is 68.5 cm³/mol. The Balaban J connectivity index is 2.33. The van der Waals surface area contributed by atoms with Crippen molar-refractivity contribution in [1.82, 2.24) is 10.0 Å². The molecule has 0 saturated carbocycles. The van der Waals surface area contributed by atoms with Gasteiger partial charge < -0.3 is 10.1 Å². The molecule has 5 nitrogen and oxygen atoms in total. The highest BCUT2D eigenvalue weighted by atomic mass is 32.2. The molecule has 0 aromatic heterocycles. The van der Waals surface area contributed by atoms with Crippen LogP contribution in [-0.4, -0.2) is 46.5 Å². The van der Waals surface area contributed by atoms with Gasteiger partial charge in [0.2, 0.25) is 10.0 Å². The minimum Gasteiger partial charge on any atom is -0.380 e. The molecule has 1 aliphatic rings. The fourth-order valence-electron chi connectivity index (χ4n) is 2.06. The van der Waals surface area contributed by atoms with Gasteiger partial charge in [-0.2, -0.15) is 0 Å². The molecule has 0 amide bonds. The van der Waals surface area contributed by atoms with Crippen molar-refractivity contribution < 1.29 is 13.2 Å². The van der Waals surface area contributed by atoms with Crippen molar-refractivity contribution >= 4 is 10.0 Å². The SMILES string of the molecule is CCOCC(C)NS(=O)(=O)CC1CCCNC1. The Kier molecular flexibility index (Phi) is 6.40. The van der Waals surface area contributed by atoms with E-state index < -0.39 is 10.0 Å². The van der Waals surface area contributed by atoms with Gasteiger partial charge in [0.15, 0.2) is 0 Å². The van der Waals surface area contributed by atoms with Crippen LogP contribution in [0.1, 0.15) is 26.7 Å². The van der Waals surface area contributed by atoms with E-state index in [1.165, 1.54) is 0 Å². The second-order valence-corrected chi connectivity index (χ2v) is 6.47. The van der Waals surface area contributed by atoms with E-state index >= 15 is 0 Å². The Bertz CT molecular complexity index is 300. The van der Waals surface area contributed by atoms with Gasteiger partial charge in [0.05, 0.1) is 12.4 Å². The molecule has 1 fully saturated rings. The number of piperidine rings is 1. The summed E-state index contributed by atoms with van der Waals surface area (Å²) in [5.74, 6) is 0.455. The number of sulfonamides is 1. The minimum atomic E-state index is -3.18. The zero-order chi connectivity index (χ0) is 12.7. The second-order valence-electron chi connectivity index (χ2n) is 4.67. The van der Waals surface area contributed by atoms with E-state index in [-0.39, 0.29) is 17.7 Å². The maximum Gasteiger partial charge on any atom is 0.212 e. The van der Waals surface area contributed by atoms with E-state index in [2.05, 4.69) is 10.0 Å². The molecule has 102 valence electrons. The maximum atomic E-state index is 11.9. The smallest absolute Gasteiger partial charge is 0.212 e. The van der Waals surface area contributed by atoms with Crippen molar-refractivity contribution in [2.24, 2.45) is 5.92 Å². The van der Waals surface area contributed by atoms with Gasteiger partial charge in [-0.3, -0.25) is 0 Å². The van der Waals surface area contributed by atoms with Crippen LogP contribution in [0.3, 0.4) is 0 Å². The zero-order valence-electron chi connectivity index (χ0n) is 10.7. The normalized spacial score (nSPS) is 23.5. The first-order chi connectivity index (χ1) is 8.03. The van der Waals surface area contributed by atoms with Crippen molar-refractivity contribution in [2.75, 3.05) is 32.1 Å². The molecule has 1 heterocycles. The first kappa shape index (κ1) is 14.9. The lowest BCUT2D eigenvalue weighted by atomic mass is 10.0. The summed E-state index contributed by atoms with van der Waals surface area (Å²) in [4.78, 5) is 0. The van der Waals surface area contributed by atoms with Gasteiger partial charge in [-0.15, -0.1) is 0 Å². The molecule has 2 N–H and O–H groups in total. The number of rotatable bonds is 7. The lowest BCUT2D eigenvalue weighted by molar-refractivity contribution is 0.133. The standard InChI is InChI=1S/C11H24N2O3S/c1-3-16-8-10(2)13-17(14,15)9-11-5-4-6-12-7-11/h10-13H,3-9H2,1-2H3. The highest BCUT2D eigenvalue weighted by Gasteiger charge is 2.22. The molecule has 0 radical (unpaired) electrons. The van der Waals surface area contributed by atoms with Crippen LogP contribution in [0.5, 0.6) is 0 Å². The summed E-state index contributed by atoms with van der Waals surface area (Å²) in [6.45, 7) is 6.57. The van der Waals surface area contributed by atoms with E-state index in [0.717, 1.165) is 25.9 Å². The number of ether oxygens (including phenoxy) is 1. The van der Waals surface area contributed by atoms with Crippen LogP contribution in [0.2, 0.25) is 0 Å². The number of nitrogens with one attached hydrogen (secondary N) is 2. The molecule has 1 saturated heterocycles. The summed E-state index contributed by atoms with van der Waals surface area (Å²) in [5.41, 5.74) is 0. The van der Waals surface area contributed by atoms with Crippen LogP contribution in [0.25, 0.3) is 0 Å². The summed E-state index contributed by atoms with van der Waals surface area (Å²) >= 11 is 0. The van der Waals surface area contributed by atoms with Gasteiger partial charge >= 0.3 is 0 Å². The minimum absolute atomic E-state index is 0.156. The van der Waals surface area contributed by atoms with Gasteiger partial charge in [0.1, 0.15) is 0 Å². The molecule has 0 spiro atoms. The molecular weight excluding hydrogens is 240 g/mol. The third-order valence-electron chi connectivity index (χ3n) is 2.81. The van der Waals surface area contributed by atoms with Gasteiger partial charge in [-0.25, -0.2) is 13.1 Å². The lowest BCUT2D eigenvalue weighted by Crippen LogP contribution is -2.41. The van der Waals surface area contributed by atoms with E-state index in [1.807, 2.05) is 13.8 Å². The predicted octanol–water partition coefficient (Wildman–Crippen LogP) is 0.330.